The standard InChI is InChI=1S/C11H9ClN2O2/c1-7-4-8(2-3-10(7)12)16-9-5-13-11(15)14-6-9/h2-6H,1H3,(H,13,14,15). The number of ether oxygens (including phenoxy) is 1. The molecular weight excluding hydrogens is 228 g/mol. The van der Waals surface area contributed by atoms with Crippen molar-refractivity contribution in [3.8, 4) is 11.5 Å². The number of rotatable bonds is 2. The minimum atomic E-state index is -0.403. The Bertz CT molecular complexity index is 546. The number of benzene rings is 1. The lowest BCUT2D eigenvalue weighted by atomic mass is 10.2. The maximum Gasteiger partial charge on any atom is 0.345 e. The van der Waals surface area contributed by atoms with Gasteiger partial charge in [-0.2, -0.15) is 4.98 Å². The Morgan fingerprint density at radius 2 is 2.19 bits per heavy atom. The fraction of sp³-hybridized carbons (Fsp3) is 0.0909. The van der Waals surface area contributed by atoms with Crippen LogP contribution >= 0.6 is 11.6 Å². The predicted octanol–water partition coefficient (Wildman–Crippen LogP) is 2.52. The van der Waals surface area contributed by atoms with E-state index in [0.717, 1.165) is 5.56 Å². The summed E-state index contributed by atoms with van der Waals surface area (Å²) in [6, 6.07) is 5.32. The van der Waals surface area contributed by atoms with Gasteiger partial charge in [-0.1, -0.05) is 11.6 Å². The second-order valence-electron chi connectivity index (χ2n) is 3.27. The highest BCUT2D eigenvalue weighted by molar-refractivity contribution is 6.31. The van der Waals surface area contributed by atoms with Crippen molar-refractivity contribution in [3.05, 3.63) is 51.7 Å². The molecule has 16 heavy (non-hydrogen) atoms. The van der Waals surface area contributed by atoms with Crippen LogP contribution in [0.1, 0.15) is 5.56 Å². The van der Waals surface area contributed by atoms with Gasteiger partial charge in [0.05, 0.1) is 12.4 Å². The number of aryl methyl sites for hydroxylation is 1. The molecule has 0 radical (unpaired) electrons. The molecule has 0 atom stereocenters. The van der Waals surface area contributed by atoms with Crippen LogP contribution in [0.5, 0.6) is 11.5 Å². The summed E-state index contributed by atoms with van der Waals surface area (Å²) in [5, 5.41) is 0.687. The first-order valence-corrected chi connectivity index (χ1v) is 5.02. The molecule has 2 rings (SSSR count). The van der Waals surface area contributed by atoms with Gasteiger partial charge in [0.15, 0.2) is 5.75 Å². The Morgan fingerprint density at radius 3 is 2.81 bits per heavy atom. The quantitative estimate of drug-likeness (QED) is 0.872. The first kappa shape index (κ1) is 10.7. The number of nitrogens with zero attached hydrogens (tertiary/aromatic N) is 1. The Hall–Kier alpha value is -1.81. The van der Waals surface area contributed by atoms with Crippen molar-refractivity contribution in [3.63, 3.8) is 0 Å². The average Bonchev–Trinajstić information content (AvgIpc) is 2.27. The lowest BCUT2D eigenvalue weighted by Crippen LogP contribution is -2.07. The van der Waals surface area contributed by atoms with Crippen LogP contribution < -0.4 is 10.4 Å². The maximum atomic E-state index is 10.7. The second-order valence-corrected chi connectivity index (χ2v) is 3.67. The summed E-state index contributed by atoms with van der Waals surface area (Å²) in [5.41, 5.74) is 0.524. The van der Waals surface area contributed by atoms with Gasteiger partial charge in [-0.25, -0.2) is 4.79 Å². The molecule has 0 aliphatic heterocycles. The molecule has 82 valence electrons. The van der Waals surface area contributed by atoms with Gasteiger partial charge in [0, 0.05) is 5.02 Å². The molecule has 2 aromatic rings. The Balaban J connectivity index is 2.23. The molecule has 5 heteroatoms. The third-order valence-corrected chi connectivity index (χ3v) is 2.44. The third-order valence-electron chi connectivity index (χ3n) is 2.01. The molecule has 0 amide bonds. The van der Waals surface area contributed by atoms with Crippen LogP contribution in [-0.4, -0.2) is 9.97 Å². The SMILES string of the molecule is Cc1cc(Oc2cnc(=O)[nH]c2)ccc1Cl. The summed E-state index contributed by atoms with van der Waals surface area (Å²) in [6.45, 7) is 1.89. The molecule has 1 N–H and O–H groups in total. The summed E-state index contributed by atoms with van der Waals surface area (Å²) in [5.74, 6) is 1.12. The normalized spacial score (nSPS) is 10.1. The first-order chi connectivity index (χ1) is 7.65. The summed E-state index contributed by atoms with van der Waals surface area (Å²) in [4.78, 5) is 16.7. The maximum absolute atomic E-state index is 10.7. The highest BCUT2D eigenvalue weighted by Crippen LogP contribution is 2.24. The van der Waals surface area contributed by atoms with Gasteiger partial charge in [-0.3, -0.25) is 0 Å². The zero-order valence-corrected chi connectivity index (χ0v) is 9.28. The van der Waals surface area contributed by atoms with Crippen LogP contribution in [0.2, 0.25) is 5.02 Å². The fourth-order valence-corrected chi connectivity index (χ4v) is 1.32. The van der Waals surface area contributed by atoms with Gasteiger partial charge in [-0.05, 0) is 30.7 Å². The smallest absolute Gasteiger partial charge is 0.345 e. The van der Waals surface area contributed by atoms with E-state index in [4.69, 9.17) is 16.3 Å². The van der Waals surface area contributed by atoms with Gasteiger partial charge in [-0.15, -0.1) is 0 Å². The van der Waals surface area contributed by atoms with E-state index in [2.05, 4.69) is 9.97 Å². The first-order valence-electron chi connectivity index (χ1n) is 4.64. The molecule has 1 aromatic heterocycles. The molecule has 1 heterocycles. The highest BCUT2D eigenvalue weighted by atomic mass is 35.5. The molecule has 0 saturated carbocycles. The van der Waals surface area contributed by atoms with Gasteiger partial charge in [0.2, 0.25) is 0 Å². The highest BCUT2D eigenvalue weighted by Gasteiger charge is 2.00. The van der Waals surface area contributed by atoms with E-state index >= 15 is 0 Å². The van der Waals surface area contributed by atoms with Gasteiger partial charge < -0.3 is 9.72 Å². The molecule has 0 saturated heterocycles. The van der Waals surface area contributed by atoms with E-state index in [1.807, 2.05) is 13.0 Å². The Kier molecular flexibility index (Phi) is 2.92. The topological polar surface area (TPSA) is 55.0 Å². The summed E-state index contributed by atoms with van der Waals surface area (Å²) < 4.78 is 5.48. The number of hydrogen-bond acceptors (Lipinski definition) is 3. The van der Waals surface area contributed by atoms with Gasteiger partial charge in [0.1, 0.15) is 5.75 Å². The van der Waals surface area contributed by atoms with Crippen LogP contribution in [0.15, 0.2) is 35.4 Å². The van der Waals surface area contributed by atoms with Crippen molar-refractivity contribution < 1.29 is 4.74 Å². The zero-order chi connectivity index (χ0) is 11.5. The lowest BCUT2D eigenvalue weighted by molar-refractivity contribution is 0.476. The van der Waals surface area contributed by atoms with Crippen LogP contribution in [0.3, 0.4) is 0 Å². The molecular formula is C11H9ClN2O2. The number of hydrogen-bond donors (Lipinski definition) is 1. The van der Waals surface area contributed by atoms with Gasteiger partial charge in [0.25, 0.3) is 0 Å². The fourth-order valence-electron chi connectivity index (χ4n) is 1.20. The molecule has 4 nitrogen and oxygen atoms in total. The number of halogens is 1. The van der Waals surface area contributed by atoms with E-state index in [9.17, 15) is 4.79 Å². The monoisotopic (exact) mass is 236 g/mol. The molecule has 0 aliphatic rings. The molecule has 0 spiro atoms. The Labute approximate surface area is 96.9 Å². The number of nitrogens with one attached hydrogen (secondary N) is 1. The van der Waals surface area contributed by atoms with Crippen LogP contribution in [0, 0.1) is 6.92 Å². The lowest BCUT2D eigenvalue weighted by Gasteiger charge is -2.05. The minimum Gasteiger partial charge on any atom is -0.454 e. The van der Waals surface area contributed by atoms with Crippen molar-refractivity contribution in [1.29, 1.82) is 0 Å². The second kappa shape index (κ2) is 4.37. The van der Waals surface area contributed by atoms with E-state index < -0.39 is 5.69 Å². The average molecular weight is 237 g/mol. The van der Waals surface area contributed by atoms with Crippen molar-refractivity contribution in [2.45, 2.75) is 6.92 Å². The number of aromatic nitrogens is 2. The predicted molar refractivity (Wildman–Crippen MR) is 61.1 cm³/mol. The van der Waals surface area contributed by atoms with Gasteiger partial charge >= 0.3 is 5.69 Å². The van der Waals surface area contributed by atoms with E-state index in [1.54, 1.807) is 12.1 Å². The van der Waals surface area contributed by atoms with Crippen molar-refractivity contribution in [1.82, 2.24) is 9.97 Å². The molecule has 0 aliphatic carbocycles. The largest absolute Gasteiger partial charge is 0.454 e. The van der Waals surface area contributed by atoms with E-state index in [-0.39, 0.29) is 0 Å². The zero-order valence-electron chi connectivity index (χ0n) is 8.53. The Morgan fingerprint density at radius 1 is 1.38 bits per heavy atom. The molecule has 0 unspecified atom stereocenters. The van der Waals surface area contributed by atoms with E-state index in [0.29, 0.717) is 16.5 Å². The number of aromatic amines is 1. The number of H-pyrrole nitrogens is 1. The third kappa shape index (κ3) is 2.41. The van der Waals surface area contributed by atoms with Crippen molar-refractivity contribution >= 4 is 11.6 Å². The van der Waals surface area contributed by atoms with E-state index in [1.165, 1.54) is 12.4 Å². The molecule has 0 fully saturated rings. The summed E-state index contributed by atoms with van der Waals surface area (Å²) in [6.07, 6.45) is 2.82. The van der Waals surface area contributed by atoms with Crippen LogP contribution in [0.25, 0.3) is 0 Å². The van der Waals surface area contributed by atoms with Crippen LogP contribution in [-0.2, 0) is 0 Å². The minimum absolute atomic E-state index is 0.403. The summed E-state index contributed by atoms with van der Waals surface area (Å²) >= 11 is 5.89. The summed E-state index contributed by atoms with van der Waals surface area (Å²) in [7, 11) is 0. The molecule has 1 aromatic carbocycles. The molecule has 0 bridgehead atoms. The van der Waals surface area contributed by atoms with Crippen molar-refractivity contribution in [2.75, 3.05) is 0 Å². The van der Waals surface area contributed by atoms with Crippen LogP contribution in [0.4, 0.5) is 0 Å². The van der Waals surface area contributed by atoms with Crippen molar-refractivity contribution in [2.24, 2.45) is 0 Å².